The van der Waals surface area contributed by atoms with Crippen LogP contribution >= 0.6 is 0 Å². The molecule has 0 radical (unpaired) electrons. The van der Waals surface area contributed by atoms with E-state index in [2.05, 4.69) is 10.1 Å². The maximum atomic E-state index is 12.6. The van der Waals surface area contributed by atoms with E-state index in [4.69, 9.17) is 0 Å². The Morgan fingerprint density at radius 1 is 1.10 bits per heavy atom. The second-order valence-corrected chi connectivity index (χ2v) is 8.23. The van der Waals surface area contributed by atoms with Crippen molar-refractivity contribution in [2.75, 3.05) is 38.5 Å². The Labute approximate surface area is 174 Å². The first-order chi connectivity index (χ1) is 14.2. The molecule has 2 fully saturated rings. The maximum Gasteiger partial charge on any atom is 0.573 e. The van der Waals surface area contributed by atoms with Gasteiger partial charge in [0.25, 0.3) is 0 Å². The van der Waals surface area contributed by atoms with Crippen LogP contribution in [0.2, 0.25) is 0 Å². The van der Waals surface area contributed by atoms with E-state index in [9.17, 15) is 22.8 Å². The highest BCUT2D eigenvalue weighted by Crippen LogP contribution is 2.36. The average molecular weight is 427 g/mol. The number of ether oxygens (including phenoxy) is 1. The van der Waals surface area contributed by atoms with E-state index >= 15 is 0 Å². The summed E-state index contributed by atoms with van der Waals surface area (Å²) < 4.78 is 40.4. The minimum atomic E-state index is -4.76. The molecular formula is C21H28F3N3O3. The number of hydrogen-bond donors (Lipinski definition) is 1. The first-order valence-corrected chi connectivity index (χ1v) is 10.3. The Morgan fingerprint density at radius 2 is 1.77 bits per heavy atom. The smallest absolute Gasteiger partial charge is 0.406 e. The molecule has 2 atom stereocenters. The molecule has 3 rings (SSSR count). The molecule has 1 aromatic rings. The van der Waals surface area contributed by atoms with Gasteiger partial charge in [-0.3, -0.25) is 14.5 Å². The van der Waals surface area contributed by atoms with E-state index in [1.165, 1.54) is 37.8 Å². The van der Waals surface area contributed by atoms with Crippen molar-refractivity contribution < 1.29 is 27.5 Å². The van der Waals surface area contributed by atoms with Crippen molar-refractivity contribution in [3.05, 3.63) is 24.3 Å². The number of alkyl halides is 3. The number of amides is 2. The van der Waals surface area contributed by atoms with Gasteiger partial charge in [0.05, 0.1) is 13.1 Å². The number of likely N-dealkylation sites (tertiary alicyclic amines) is 1. The van der Waals surface area contributed by atoms with Gasteiger partial charge in [0.1, 0.15) is 5.75 Å². The fourth-order valence-electron chi connectivity index (χ4n) is 4.40. The molecule has 9 heteroatoms. The molecule has 1 aliphatic heterocycles. The fourth-order valence-corrected chi connectivity index (χ4v) is 4.40. The molecule has 0 aromatic heterocycles. The Hall–Kier alpha value is -2.29. The molecule has 0 unspecified atom stereocenters. The number of halogens is 3. The van der Waals surface area contributed by atoms with E-state index < -0.39 is 6.36 Å². The zero-order valence-electron chi connectivity index (χ0n) is 17.1. The number of carbonyl (C=O) groups excluding carboxylic acids is 2. The Kier molecular flexibility index (Phi) is 7.23. The van der Waals surface area contributed by atoms with Crippen molar-refractivity contribution in [2.45, 2.75) is 38.5 Å². The van der Waals surface area contributed by atoms with Crippen LogP contribution < -0.4 is 10.1 Å². The molecule has 1 saturated heterocycles. The molecule has 166 valence electrons. The van der Waals surface area contributed by atoms with Crippen LogP contribution in [0.5, 0.6) is 5.75 Å². The van der Waals surface area contributed by atoms with Crippen LogP contribution in [0.25, 0.3) is 0 Å². The summed E-state index contributed by atoms with van der Waals surface area (Å²) >= 11 is 0. The monoisotopic (exact) mass is 427 g/mol. The number of anilines is 1. The van der Waals surface area contributed by atoms with Gasteiger partial charge in [-0.05, 0) is 56.0 Å². The summed E-state index contributed by atoms with van der Waals surface area (Å²) in [4.78, 5) is 28.4. The number of nitrogens with zero attached hydrogens (tertiary/aromatic N) is 2. The van der Waals surface area contributed by atoms with E-state index in [0.29, 0.717) is 11.6 Å². The zero-order valence-corrected chi connectivity index (χ0v) is 17.1. The summed E-state index contributed by atoms with van der Waals surface area (Å²) in [5.41, 5.74) is 0.355. The van der Waals surface area contributed by atoms with E-state index in [1.54, 1.807) is 11.9 Å². The van der Waals surface area contributed by atoms with Crippen molar-refractivity contribution in [2.24, 2.45) is 11.8 Å². The lowest BCUT2D eigenvalue weighted by Gasteiger charge is -2.41. The van der Waals surface area contributed by atoms with Gasteiger partial charge in [-0.15, -0.1) is 13.2 Å². The summed E-state index contributed by atoms with van der Waals surface area (Å²) in [5, 5.41) is 2.61. The van der Waals surface area contributed by atoms with Gasteiger partial charge in [0.15, 0.2) is 0 Å². The van der Waals surface area contributed by atoms with Crippen LogP contribution in [-0.4, -0.2) is 61.2 Å². The minimum absolute atomic E-state index is 0.00639. The van der Waals surface area contributed by atoms with Gasteiger partial charge in [-0.1, -0.05) is 19.3 Å². The molecular weight excluding hydrogens is 399 g/mol. The van der Waals surface area contributed by atoms with Crippen LogP contribution in [0.4, 0.5) is 18.9 Å². The van der Waals surface area contributed by atoms with Crippen molar-refractivity contribution in [1.29, 1.82) is 0 Å². The normalized spacial score (nSPS) is 21.8. The zero-order chi connectivity index (χ0) is 21.7. The van der Waals surface area contributed by atoms with Gasteiger partial charge in [0.2, 0.25) is 11.8 Å². The molecule has 0 bridgehead atoms. The number of benzene rings is 1. The molecule has 1 heterocycles. The molecule has 1 aromatic carbocycles. The van der Waals surface area contributed by atoms with Gasteiger partial charge < -0.3 is 15.0 Å². The van der Waals surface area contributed by atoms with Gasteiger partial charge in [0, 0.05) is 18.8 Å². The third-order valence-corrected chi connectivity index (χ3v) is 5.83. The average Bonchev–Trinajstić information content (AvgIpc) is 2.67. The van der Waals surface area contributed by atoms with Gasteiger partial charge >= 0.3 is 6.36 Å². The lowest BCUT2D eigenvalue weighted by molar-refractivity contribution is -0.274. The van der Waals surface area contributed by atoms with Crippen molar-refractivity contribution in [1.82, 2.24) is 9.80 Å². The van der Waals surface area contributed by atoms with Crippen molar-refractivity contribution in [3.63, 3.8) is 0 Å². The SMILES string of the molecule is CN(CC(=O)Nc1ccc(OC(F)(F)F)cc1)CC(=O)N1CC[C@H]2CCCC[C@@H]2C1. The van der Waals surface area contributed by atoms with E-state index in [1.807, 2.05) is 4.90 Å². The van der Waals surface area contributed by atoms with Crippen LogP contribution in [0.1, 0.15) is 32.1 Å². The molecule has 1 saturated carbocycles. The highest BCUT2D eigenvalue weighted by molar-refractivity contribution is 5.92. The van der Waals surface area contributed by atoms with Crippen LogP contribution in [-0.2, 0) is 9.59 Å². The number of rotatable bonds is 6. The molecule has 2 aliphatic rings. The Morgan fingerprint density at radius 3 is 2.43 bits per heavy atom. The third kappa shape index (κ3) is 6.62. The lowest BCUT2D eigenvalue weighted by atomic mass is 9.75. The molecule has 1 N–H and O–H groups in total. The van der Waals surface area contributed by atoms with Crippen molar-refractivity contribution in [3.8, 4) is 5.75 Å². The Balaban J connectivity index is 1.42. The van der Waals surface area contributed by atoms with E-state index in [0.717, 1.165) is 37.6 Å². The predicted octanol–water partition coefficient (Wildman–Crippen LogP) is 3.49. The largest absolute Gasteiger partial charge is 0.573 e. The number of nitrogens with one attached hydrogen (secondary N) is 1. The standard InChI is InChI=1S/C21H28F3N3O3/c1-26(14-20(29)27-11-10-15-4-2-3-5-16(15)12-27)13-19(28)25-17-6-8-18(9-7-17)30-21(22,23)24/h6-9,15-16H,2-5,10-14H2,1H3,(H,25,28)/t15-,16-/m1/s1. The van der Waals surface area contributed by atoms with E-state index in [-0.39, 0.29) is 30.7 Å². The topological polar surface area (TPSA) is 61.9 Å². The number of fused-ring (bicyclic) bond motifs is 1. The fraction of sp³-hybridized carbons (Fsp3) is 0.619. The highest BCUT2D eigenvalue weighted by atomic mass is 19.4. The molecule has 6 nitrogen and oxygen atoms in total. The van der Waals surface area contributed by atoms with Crippen LogP contribution in [0.15, 0.2) is 24.3 Å². The molecule has 30 heavy (non-hydrogen) atoms. The summed E-state index contributed by atoms with van der Waals surface area (Å²) in [6.07, 6.45) is 1.31. The van der Waals surface area contributed by atoms with Crippen LogP contribution in [0.3, 0.4) is 0 Å². The first kappa shape index (κ1) is 22.4. The number of carbonyl (C=O) groups is 2. The van der Waals surface area contributed by atoms with Gasteiger partial charge in [-0.25, -0.2) is 0 Å². The molecule has 1 aliphatic carbocycles. The number of hydrogen-bond acceptors (Lipinski definition) is 4. The Bertz CT molecular complexity index is 739. The second-order valence-electron chi connectivity index (χ2n) is 8.23. The number of likely N-dealkylation sites (N-methyl/N-ethyl adjacent to an activating group) is 1. The van der Waals surface area contributed by atoms with Gasteiger partial charge in [-0.2, -0.15) is 0 Å². The summed E-state index contributed by atoms with van der Waals surface area (Å²) in [7, 11) is 1.70. The maximum absolute atomic E-state index is 12.6. The quantitative estimate of drug-likeness (QED) is 0.755. The predicted molar refractivity (Wildman–Crippen MR) is 106 cm³/mol. The third-order valence-electron chi connectivity index (χ3n) is 5.83. The molecule has 0 spiro atoms. The summed E-state index contributed by atoms with van der Waals surface area (Å²) in [6.45, 7) is 1.76. The van der Waals surface area contributed by atoms with Crippen molar-refractivity contribution >= 4 is 17.5 Å². The number of piperidine rings is 1. The molecule has 2 amide bonds. The lowest BCUT2D eigenvalue weighted by Crippen LogP contribution is -2.48. The van der Waals surface area contributed by atoms with Crippen LogP contribution in [0, 0.1) is 11.8 Å². The summed E-state index contributed by atoms with van der Waals surface area (Å²) in [6, 6.07) is 4.92. The second kappa shape index (κ2) is 9.68. The first-order valence-electron chi connectivity index (χ1n) is 10.3. The summed E-state index contributed by atoms with van der Waals surface area (Å²) in [5.74, 6) is 0.683. The highest BCUT2D eigenvalue weighted by Gasteiger charge is 2.33. The minimum Gasteiger partial charge on any atom is -0.406 e.